The molecule has 6 nitrogen and oxygen atoms in total. The van der Waals surface area contributed by atoms with E-state index >= 15 is 0 Å². The van der Waals surface area contributed by atoms with E-state index in [0.717, 1.165) is 32.1 Å². The third kappa shape index (κ3) is 5.73. The number of benzene rings is 4. The summed E-state index contributed by atoms with van der Waals surface area (Å²) < 4.78 is 0.910. The quantitative estimate of drug-likeness (QED) is 0.259. The van der Waals surface area contributed by atoms with Crippen LogP contribution in [0, 0.1) is 0 Å². The van der Waals surface area contributed by atoms with Crippen molar-refractivity contribution in [3.8, 4) is 0 Å². The lowest BCUT2D eigenvalue weighted by molar-refractivity contribution is -0.141. The molecule has 1 heterocycles. The highest BCUT2D eigenvalue weighted by molar-refractivity contribution is 9.10. The van der Waals surface area contributed by atoms with Gasteiger partial charge < -0.3 is 15.1 Å². The number of carbonyl (C=O) groups is 3. The van der Waals surface area contributed by atoms with Gasteiger partial charge in [-0.05, 0) is 47.2 Å². The van der Waals surface area contributed by atoms with Crippen molar-refractivity contribution >= 4 is 50.1 Å². The Balaban J connectivity index is 1.35. The minimum Gasteiger partial charge on any atom is -0.357 e. The number of anilines is 1. The summed E-state index contributed by atoms with van der Waals surface area (Å²) in [7, 11) is 1.60. The lowest BCUT2D eigenvalue weighted by Gasteiger charge is -2.31. The van der Waals surface area contributed by atoms with E-state index in [1.807, 2.05) is 91.0 Å². The predicted octanol–water partition coefficient (Wildman–Crippen LogP) is 5.73. The summed E-state index contributed by atoms with van der Waals surface area (Å²) in [5.74, 6) is -0.367. The molecule has 4 aromatic rings. The summed E-state index contributed by atoms with van der Waals surface area (Å²) in [6.45, 7) is 0.725. The Labute approximate surface area is 236 Å². The molecule has 0 saturated heterocycles. The minimum atomic E-state index is -0.671. The van der Waals surface area contributed by atoms with Crippen LogP contribution in [0.15, 0.2) is 95.5 Å². The number of halogens is 1. The van der Waals surface area contributed by atoms with Crippen molar-refractivity contribution in [1.82, 2.24) is 10.2 Å². The molecule has 3 amide bonds. The fourth-order valence-electron chi connectivity index (χ4n) is 5.29. The molecule has 7 heteroatoms. The van der Waals surface area contributed by atoms with Crippen molar-refractivity contribution in [2.24, 2.45) is 0 Å². The van der Waals surface area contributed by atoms with E-state index in [-0.39, 0.29) is 24.1 Å². The second-order valence-electron chi connectivity index (χ2n) is 9.71. The zero-order valence-corrected chi connectivity index (χ0v) is 23.4. The van der Waals surface area contributed by atoms with Gasteiger partial charge in [0.05, 0.1) is 5.69 Å². The second-order valence-corrected chi connectivity index (χ2v) is 10.6. The van der Waals surface area contributed by atoms with Crippen molar-refractivity contribution in [2.45, 2.75) is 31.8 Å². The van der Waals surface area contributed by atoms with Crippen LogP contribution in [0.1, 0.15) is 34.3 Å². The molecule has 0 unspecified atom stereocenters. The molecule has 0 spiro atoms. The number of hydrogen-bond acceptors (Lipinski definition) is 3. The van der Waals surface area contributed by atoms with E-state index in [2.05, 4.69) is 21.2 Å². The highest BCUT2D eigenvalue weighted by atomic mass is 79.9. The predicted molar refractivity (Wildman–Crippen MR) is 158 cm³/mol. The Morgan fingerprint density at radius 1 is 0.923 bits per heavy atom. The Morgan fingerprint density at radius 3 is 2.38 bits per heavy atom. The van der Waals surface area contributed by atoms with E-state index in [1.54, 1.807) is 16.8 Å². The highest BCUT2D eigenvalue weighted by Crippen LogP contribution is 2.37. The smallest absolute Gasteiger partial charge is 0.258 e. The van der Waals surface area contributed by atoms with Gasteiger partial charge in [0.25, 0.3) is 5.91 Å². The van der Waals surface area contributed by atoms with Gasteiger partial charge in [-0.2, -0.15) is 0 Å². The van der Waals surface area contributed by atoms with E-state index in [0.29, 0.717) is 31.5 Å². The topological polar surface area (TPSA) is 69.7 Å². The van der Waals surface area contributed by atoms with Crippen LogP contribution >= 0.6 is 15.9 Å². The molecule has 1 atom stereocenters. The van der Waals surface area contributed by atoms with Crippen LogP contribution in [0.3, 0.4) is 0 Å². The molecular formula is C32H30BrN3O3. The zero-order valence-electron chi connectivity index (χ0n) is 21.8. The third-order valence-corrected chi connectivity index (χ3v) is 7.67. The largest absolute Gasteiger partial charge is 0.357 e. The van der Waals surface area contributed by atoms with Crippen molar-refractivity contribution in [3.05, 3.63) is 112 Å². The number of nitrogens with zero attached hydrogens (tertiary/aromatic N) is 2. The van der Waals surface area contributed by atoms with Gasteiger partial charge in [0.15, 0.2) is 0 Å². The SMILES string of the molecule is CNC(=O)[C@@H](Cc1ccccc1)N(Cc1cccc(Br)c1)C(=O)CCCN1C(=O)c2cccc3cccc1c23. The first-order valence-corrected chi connectivity index (χ1v) is 13.9. The molecule has 0 bridgehead atoms. The fraction of sp³-hybridized carbons (Fsp3) is 0.219. The molecule has 4 aromatic carbocycles. The summed E-state index contributed by atoms with van der Waals surface area (Å²) in [5, 5.41) is 4.75. The van der Waals surface area contributed by atoms with Gasteiger partial charge in [0.2, 0.25) is 11.8 Å². The van der Waals surface area contributed by atoms with Gasteiger partial charge in [-0.25, -0.2) is 0 Å². The lowest BCUT2D eigenvalue weighted by Crippen LogP contribution is -2.49. The van der Waals surface area contributed by atoms with Crippen LogP contribution in [0.2, 0.25) is 0 Å². The summed E-state index contributed by atoms with van der Waals surface area (Å²) >= 11 is 3.51. The molecule has 0 aromatic heterocycles. The number of likely N-dealkylation sites (N-methyl/N-ethyl adjacent to an activating group) is 1. The van der Waals surface area contributed by atoms with Crippen LogP contribution in [0.4, 0.5) is 5.69 Å². The maximum Gasteiger partial charge on any atom is 0.258 e. The van der Waals surface area contributed by atoms with Crippen molar-refractivity contribution in [1.29, 1.82) is 0 Å². The van der Waals surface area contributed by atoms with Gasteiger partial charge in [0.1, 0.15) is 6.04 Å². The monoisotopic (exact) mass is 583 g/mol. The lowest BCUT2D eigenvalue weighted by atomic mass is 10.0. The van der Waals surface area contributed by atoms with Crippen LogP contribution in [0.5, 0.6) is 0 Å². The van der Waals surface area contributed by atoms with Crippen LogP contribution < -0.4 is 10.2 Å². The van der Waals surface area contributed by atoms with Crippen molar-refractivity contribution in [2.75, 3.05) is 18.5 Å². The Morgan fingerprint density at radius 2 is 1.64 bits per heavy atom. The molecule has 1 aliphatic rings. The molecule has 0 radical (unpaired) electrons. The molecule has 1 aliphatic heterocycles. The van der Waals surface area contributed by atoms with Gasteiger partial charge >= 0.3 is 0 Å². The molecule has 0 aliphatic carbocycles. The van der Waals surface area contributed by atoms with Crippen molar-refractivity contribution < 1.29 is 14.4 Å². The van der Waals surface area contributed by atoms with Crippen molar-refractivity contribution in [3.63, 3.8) is 0 Å². The van der Waals surface area contributed by atoms with E-state index < -0.39 is 6.04 Å². The summed E-state index contributed by atoms with van der Waals surface area (Å²) in [5.41, 5.74) is 3.50. The molecule has 39 heavy (non-hydrogen) atoms. The number of nitrogens with one attached hydrogen (secondary N) is 1. The third-order valence-electron chi connectivity index (χ3n) is 7.18. The average Bonchev–Trinajstić information content (AvgIpc) is 3.23. The van der Waals surface area contributed by atoms with E-state index in [9.17, 15) is 14.4 Å². The van der Waals surface area contributed by atoms with Gasteiger partial charge in [-0.3, -0.25) is 14.4 Å². The number of carbonyl (C=O) groups excluding carboxylic acids is 3. The molecule has 0 saturated carbocycles. The minimum absolute atomic E-state index is 0.0347. The van der Waals surface area contributed by atoms with Crippen LogP contribution in [-0.2, 0) is 22.6 Å². The standard InChI is InChI=1S/C32H30BrN3O3/c1-34-31(38)28(20-22-9-3-2-4-10-22)36(21-23-11-5-14-25(33)19-23)29(37)17-8-18-35-27-16-7-13-24-12-6-15-26(30(24)27)32(35)39/h2-7,9-16,19,28H,8,17-18,20-21H2,1H3,(H,34,38)/t28-/m1/s1. The normalized spacial score (nSPS) is 13.0. The van der Waals surface area contributed by atoms with Crippen LogP contribution in [-0.4, -0.2) is 42.3 Å². The summed E-state index contributed by atoms with van der Waals surface area (Å²) in [6, 6.07) is 28.5. The van der Waals surface area contributed by atoms with Gasteiger partial charge in [-0.15, -0.1) is 0 Å². The first-order chi connectivity index (χ1) is 19.0. The number of rotatable bonds is 10. The summed E-state index contributed by atoms with van der Waals surface area (Å²) in [6.07, 6.45) is 1.10. The average molecular weight is 585 g/mol. The van der Waals surface area contributed by atoms with Crippen LogP contribution in [0.25, 0.3) is 10.8 Å². The number of amides is 3. The Hall–Kier alpha value is -3.97. The summed E-state index contributed by atoms with van der Waals surface area (Å²) in [4.78, 5) is 43.5. The van der Waals surface area contributed by atoms with Gasteiger partial charge in [-0.1, -0.05) is 82.7 Å². The fourth-order valence-corrected chi connectivity index (χ4v) is 5.73. The van der Waals surface area contributed by atoms with E-state index in [4.69, 9.17) is 0 Å². The van der Waals surface area contributed by atoms with Gasteiger partial charge in [0, 0.05) is 48.4 Å². The highest BCUT2D eigenvalue weighted by Gasteiger charge is 2.32. The number of hydrogen-bond donors (Lipinski definition) is 1. The molecule has 0 fully saturated rings. The first-order valence-electron chi connectivity index (χ1n) is 13.1. The first kappa shape index (κ1) is 26.6. The molecule has 1 N–H and O–H groups in total. The maximum absolute atomic E-state index is 13.8. The molecular weight excluding hydrogens is 554 g/mol. The molecule has 5 rings (SSSR count). The zero-order chi connectivity index (χ0) is 27.4. The Kier molecular flexibility index (Phi) is 8.07. The second kappa shape index (κ2) is 11.8. The maximum atomic E-state index is 13.8. The van der Waals surface area contributed by atoms with E-state index in [1.165, 1.54) is 0 Å². The molecule has 198 valence electrons. The Bertz CT molecular complexity index is 1520.